The van der Waals surface area contributed by atoms with E-state index in [1.807, 2.05) is 56.3 Å². The molecule has 0 radical (unpaired) electrons. The summed E-state index contributed by atoms with van der Waals surface area (Å²) in [5, 5.41) is 5.49. The van der Waals surface area contributed by atoms with Crippen LogP contribution in [0.3, 0.4) is 0 Å². The molecular weight excluding hydrogens is 436 g/mol. The molecule has 3 rings (SSSR count). The Morgan fingerprint density at radius 2 is 1.45 bits per heavy atom. The molecule has 0 aliphatic carbocycles. The fourth-order valence-electron chi connectivity index (χ4n) is 3.29. The summed E-state index contributed by atoms with van der Waals surface area (Å²) < 4.78 is 28.0. The highest BCUT2D eigenvalue weighted by atomic mass is 32.2. The van der Waals surface area contributed by atoms with E-state index in [2.05, 4.69) is 15.4 Å². The first-order valence-electron chi connectivity index (χ1n) is 10.7. The molecule has 2 amide bonds. The minimum absolute atomic E-state index is 0.102. The molecule has 0 aromatic heterocycles. The number of hydrogen-bond acceptors (Lipinski definition) is 4. The van der Waals surface area contributed by atoms with Gasteiger partial charge in [0.2, 0.25) is 0 Å². The molecule has 0 saturated carbocycles. The zero-order chi connectivity index (χ0) is 23.9. The van der Waals surface area contributed by atoms with E-state index in [0.29, 0.717) is 24.3 Å². The van der Waals surface area contributed by atoms with Crippen molar-refractivity contribution in [2.24, 2.45) is 5.73 Å². The second-order valence-corrected chi connectivity index (χ2v) is 10.3. The van der Waals surface area contributed by atoms with Crippen molar-refractivity contribution >= 4 is 27.4 Å². The Bertz CT molecular complexity index is 1160. The van der Waals surface area contributed by atoms with Crippen LogP contribution in [0.2, 0.25) is 0 Å². The number of carbonyl (C=O) groups is 1. The molecule has 33 heavy (non-hydrogen) atoms. The lowest BCUT2D eigenvalue weighted by molar-refractivity contribution is 0.252. The first-order valence-corrected chi connectivity index (χ1v) is 12.2. The Labute approximate surface area is 195 Å². The third kappa shape index (κ3) is 7.93. The molecular formula is C25H30N4O3S. The number of nitrogens with two attached hydrogens (primary N) is 1. The maximum Gasteiger partial charge on any atom is 0.319 e. The van der Waals surface area contributed by atoms with Crippen LogP contribution < -0.4 is 21.1 Å². The van der Waals surface area contributed by atoms with E-state index in [0.717, 1.165) is 17.5 Å². The molecule has 0 saturated heterocycles. The maximum atomic E-state index is 12.7. The first kappa shape index (κ1) is 24.3. The molecule has 5 N–H and O–H groups in total. The van der Waals surface area contributed by atoms with Crippen LogP contribution in [-0.4, -0.2) is 26.5 Å². The van der Waals surface area contributed by atoms with Gasteiger partial charge in [-0.3, -0.25) is 4.72 Å². The van der Waals surface area contributed by atoms with Gasteiger partial charge in [-0.25, -0.2) is 13.2 Å². The van der Waals surface area contributed by atoms with E-state index in [-0.39, 0.29) is 16.5 Å². The number of rotatable bonds is 9. The lowest BCUT2D eigenvalue weighted by Gasteiger charge is -2.18. The van der Waals surface area contributed by atoms with Crippen LogP contribution in [0.5, 0.6) is 0 Å². The molecule has 0 heterocycles. The molecule has 0 bridgehead atoms. The maximum absolute atomic E-state index is 12.7. The van der Waals surface area contributed by atoms with Gasteiger partial charge in [-0.1, -0.05) is 42.5 Å². The standard InChI is InChI=1S/C25H30N4O3S/c1-25(2,26)18-20-8-10-22(11-9-20)29-33(31,32)23-14-12-21(13-15-23)28-24(30)27-17-16-19-6-4-3-5-7-19/h3-15,29H,16-18,26H2,1-2H3,(H2,27,28,30). The fourth-order valence-corrected chi connectivity index (χ4v) is 4.35. The average Bonchev–Trinajstić information content (AvgIpc) is 2.75. The zero-order valence-electron chi connectivity index (χ0n) is 18.8. The Morgan fingerprint density at radius 1 is 0.848 bits per heavy atom. The quantitative estimate of drug-likeness (QED) is 0.380. The van der Waals surface area contributed by atoms with Crippen LogP contribution in [0.25, 0.3) is 0 Å². The number of amides is 2. The summed E-state index contributed by atoms with van der Waals surface area (Å²) >= 11 is 0. The van der Waals surface area contributed by atoms with Crippen molar-refractivity contribution < 1.29 is 13.2 Å². The largest absolute Gasteiger partial charge is 0.338 e. The van der Waals surface area contributed by atoms with Gasteiger partial charge in [-0.15, -0.1) is 0 Å². The molecule has 0 unspecified atom stereocenters. The summed E-state index contributed by atoms with van der Waals surface area (Å²) in [5.74, 6) is 0. The minimum Gasteiger partial charge on any atom is -0.338 e. The van der Waals surface area contributed by atoms with E-state index in [1.54, 1.807) is 24.3 Å². The second-order valence-electron chi connectivity index (χ2n) is 8.61. The average molecular weight is 467 g/mol. The van der Waals surface area contributed by atoms with E-state index < -0.39 is 10.0 Å². The van der Waals surface area contributed by atoms with Crippen molar-refractivity contribution in [1.29, 1.82) is 0 Å². The van der Waals surface area contributed by atoms with E-state index in [4.69, 9.17) is 5.73 Å². The van der Waals surface area contributed by atoms with Gasteiger partial charge in [0.25, 0.3) is 10.0 Å². The minimum atomic E-state index is -3.75. The highest BCUT2D eigenvalue weighted by Crippen LogP contribution is 2.20. The van der Waals surface area contributed by atoms with Crippen molar-refractivity contribution in [2.45, 2.75) is 37.1 Å². The molecule has 0 aliphatic heterocycles. The Morgan fingerprint density at radius 3 is 2.06 bits per heavy atom. The Hall–Kier alpha value is -3.36. The monoisotopic (exact) mass is 466 g/mol. The smallest absolute Gasteiger partial charge is 0.319 e. The van der Waals surface area contributed by atoms with Gasteiger partial charge in [0, 0.05) is 23.5 Å². The number of benzene rings is 3. The number of anilines is 2. The molecule has 7 nitrogen and oxygen atoms in total. The van der Waals surface area contributed by atoms with Gasteiger partial charge in [-0.2, -0.15) is 0 Å². The van der Waals surface area contributed by atoms with Gasteiger partial charge >= 0.3 is 6.03 Å². The van der Waals surface area contributed by atoms with Crippen LogP contribution in [0.15, 0.2) is 83.8 Å². The molecule has 3 aromatic carbocycles. The molecule has 0 fully saturated rings. The normalized spacial score (nSPS) is 11.6. The van der Waals surface area contributed by atoms with Crippen LogP contribution in [0, 0.1) is 0 Å². The van der Waals surface area contributed by atoms with Gasteiger partial charge in [0.1, 0.15) is 0 Å². The van der Waals surface area contributed by atoms with Gasteiger partial charge in [0.15, 0.2) is 0 Å². The summed E-state index contributed by atoms with van der Waals surface area (Å²) in [7, 11) is -3.75. The summed E-state index contributed by atoms with van der Waals surface area (Å²) in [4.78, 5) is 12.2. The predicted octanol–water partition coefficient (Wildman–Crippen LogP) is 4.13. The topological polar surface area (TPSA) is 113 Å². The Kier molecular flexibility index (Phi) is 7.73. The Balaban J connectivity index is 1.53. The third-order valence-electron chi connectivity index (χ3n) is 4.83. The van der Waals surface area contributed by atoms with Crippen molar-refractivity contribution in [2.75, 3.05) is 16.6 Å². The second kappa shape index (κ2) is 10.5. The summed E-state index contributed by atoms with van der Waals surface area (Å²) in [5.41, 5.74) is 8.83. The molecule has 3 aromatic rings. The number of carbonyl (C=O) groups excluding carboxylic acids is 1. The SMILES string of the molecule is CC(C)(N)Cc1ccc(NS(=O)(=O)c2ccc(NC(=O)NCCc3ccccc3)cc2)cc1. The fraction of sp³-hybridized carbons (Fsp3) is 0.240. The van der Waals surface area contributed by atoms with E-state index in [9.17, 15) is 13.2 Å². The molecule has 0 atom stereocenters. The molecule has 0 spiro atoms. The predicted molar refractivity (Wildman–Crippen MR) is 133 cm³/mol. The van der Waals surface area contributed by atoms with Crippen molar-refractivity contribution in [3.05, 3.63) is 90.0 Å². The van der Waals surface area contributed by atoms with Crippen molar-refractivity contribution in [3.8, 4) is 0 Å². The van der Waals surface area contributed by atoms with Crippen LogP contribution >= 0.6 is 0 Å². The zero-order valence-corrected chi connectivity index (χ0v) is 19.7. The number of hydrogen-bond donors (Lipinski definition) is 4. The van der Waals surface area contributed by atoms with Crippen molar-refractivity contribution in [3.63, 3.8) is 0 Å². The number of nitrogens with one attached hydrogen (secondary N) is 3. The van der Waals surface area contributed by atoms with Gasteiger partial charge in [-0.05, 0) is 74.2 Å². The molecule has 0 aliphatic rings. The number of sulfonamides is 1. The van der Waals surface area contributed by atoms with Gasteiger partial charge < -0.3 is 16.4 Å². The lowest BCUT2D eigenvalue weighted by Crippen LogP contribution is -2.34. The van der Waals surface area contributed by atoms with Crippen LogP contribution in [0.4, 0.5) is 16.2 Å². The summed E-state index contributed by atoms with van der Waals surface area (Å²) in [6.45, 7) is 4.38. The lowest BCUT2D eigenvalue weighted by atomic mass is 9.96. The molecule has 8 heteroatoms. The van der Waals surface area contributed by atoms with Gasteiger partial charge in [0.05, 0.1) is 4.90 Å². The van der Waals surface area contributed by atoms with Crippen LogP contribution in [-0.2, 0) is 22.9 Å². The highest BCUT2D eigenvalue weighted by Gasteiger charge is 2.15. The first-order chi connectivity index (χ1) is 15.6. The third-order valence-corrected chi connectivity index (χ3v) is 6.23. The van der Waals surface area contributed by atoms with Crippen LogP contribution in [0.1, 0.15) is 25.0 Å². The van der Waals surface area contributed by atoms with E-state index >= 15 is 0 Å². The van der Waals surface area contributed by atoms with E-state index in [1.165, 1.54) is 12.1 Å². The molecule has 174 valence electrons. The summed E-state index contributed by atoms with van der Waals surface area (Å²) in [6.07, 6.45) is 1.41. The summed E-state index contributed by atoms with van der Waals surface area (Å²) in [6, 6.07) is 22.7. The highest BCUT2D eigenvalue weighted by molar-refractivity contribution is 7.92. The van der Waals surface area contributed by atoms with Crippen molar-refractivity contribution in [1.82, 2.24) is 5.32 Å². The number of urea groups is 1.